The molecule has 10 N–H and O–H groups in total. The van der Waals surface area contributed by atoms with Crippen LogP contribution >= 0.6 is 0 Å². The lowest BCUT2D eigenvalue weighted by Crippen LogP contribution is -2.52. The van der Waals surface area contributed by atoms with E-state index in [0.29, 0.717) is 12.8 Å². The molecule has 0 radical (unpaired) electrons. The van der Waals surface area contributed by atoms with Crippen LogP contribution in [0.4, 0.5) is 0 Å². The first-order chi connectivity index (χ1) is 18.5. The molecule has 14 heteroatoms. The van der Waals surface area contributed by atoms with E-state index in [1.807, 2.05) is 30.5 Å². The highest BCUT2D eigenvalue weighted by molar-refractivity contribution is 5.93. The van der Waals surface area contributed by atoms with E-state index in [1.165, 1.54) is 6.92 Å². The van der Waals surface area contributed by atoms with Crippen LogP contribution in [0.3, 0.4) is 0 Å². The number of fused-ring (bicyclic) bond motifs is 1. The standard InChI is InChI=1S/C25H36N8O6/c1-14(10-16-11-29-18-7-4-3-6-17(16)18)22(37)33-19(8-5-9-28-25(26)27)24(39)30-12-20(34)32-15(2)23(38)31-13-21(35)36/h3-4,6-7,11,14-15,19,29H,5,8-10,12-13H2,1-2H3,(H,30,39)(H,31,38)(H,32,34)(H,33,37)(H,35,36)(H4,26,27,28). The third-order valence-electron chi connectivity index (χ3n) is 5.83. The van der Waals surface area contributed by atoms with Crippen LogP contribution < -0.4 is 32.7 Å². The number of hydrogen-bond acceptors (Lipinski definition) is 6. The Hall–Kier alpha value is -4.62. The van der Waals surface area contributed by atoms with E-state index < -0.39 is 54.8 Å². The summed E-state index contributed by atoms with van der Waals surface area (Å²) in [6.07, 6.45) is 2.90. The number of nitrogens with one attached hydrogen (secondary N) is 5. The SMILES string of the molecule is CC(Cc1c[nH]c2ccccc12)C(=O)NC(CCCN=C(N)N)C(=O)NCC(=O)NC(C)C(=O)NCC(=O)O. The monoisotopic (exact) mass is 544 g/mol. The first kappa shape index (κ1) is 30.6. The fourth-order valence-corrected chi connectivity index (χ4v) is 3.77. The van der Waals surface area contributed by atoms with E-state index in [2.05, 4.69) is 31.2 Å². The van der Waals surface area contributed by atoms with Gasteiger partial charge < -0.3 is 42.8 Å². The number of carboxylic acid groups (broad SMARTS) is 1. The van der Waals surface area contributed by atoms with Crippen LogP contribution in [-0.2, 0) is 30.4 Å². The fraction of sp³-hybridized carbons (Fsp3) is 0.440. The van der Waals surface area contributed by atoms with Gasteiger partial charge in [-0.15, -0.1) is 0 Å². The van der Waals surface area contributed by atoms with Gasteiger partial charge >= 0.3 is 5.97 Å². The van der Waals surface area contributed by atoms with Crippen molar-refractivity contribution in [3.63, 3.8) is 0 Å². The molecule has 1 heterocycles. The Labute approximate surface area is 225 Å². The van der Waals surface area contributed by atoms with Crippen molar-refractivity contribution in [1.29, 1.82) is 0 Å². The minimum absolute atomic E-state index is 0.0921. The predicted octanol–water partition coefficient (Wildman–Crippen LogP) is -1.29. The summed E-state index contributed by atoms with van der Waals surface area (Å²) < 4.78 is 0. The Morgan fingerprint density at radius 1 is 0.974 bits per heavy atom. The number of aliphatic carboxylic acids is 1. The zero-order valence-electron chi connectivity index (χ0n) is 22.0. The van der Waals surface area contributed by atoms with Crippen LogP contribution in [0.2, 0.25) is 0 Å². The third kappa shape index (κ3) is 10.3. The maximum absolute atomic E-state index is 13.0. The number of para-hydroxylation sites is 1. The molecule has 1 aromatic carbocycles. The molecule has 0 saturated heterocycles. The van der Waals surface area contributed by atoms with Crippen molar-refractivity contribution in [2.45, 2.75) is 45.2 Å². The number of carboxylic acids is 1. The van der Waals surface area contributed by atoms with Gasteiger partial charge in [0.25, 0.3) is 0 Å². The Bertz CT molecular complexity index is 1210. The number of carbonyl (C=O) groups is 5. The molecule has 2 rings (SSSR count). The highest BCUT2D eigenvalue weighted by Gasteiger charge is 2.25. The lowest BCUT2D eigenvalue weighted by molar-refractivity contribution is -0.138. The van der Waals surface area contributed by atoms with Crippen molar-refractivity contribution in [1.82, 2.24) is 26.3 Å². The second-order valence-electron chi connectivity index (χ2n) is 9.09. The number of guanidine groups is 1. The summed E-state index contributed by atoms with van der Waals surface area (Å²) in [5, 5.41) is 19.4. The van der Waals surface area contributed by atoms with Crippen LogP contribution in [0.1, 0.15) is 32.3 Å². The average Bonchev–Trinajstić information content (AvgIpc) is 3.29. The van der Waals surface area contributed by atoms with Crippen molar-refractivity contribution >= 4 is 46.5 Å². The molecule has 2 aromatic rings. The van der Waals surface area contributed by atoms with Crippen molar-refractivity contribution in [2.24, 2.45) is 22.4 Å². The number of benzene rings is 1. The van der Waals surface area contributed by atoms with Gasteiger partial charge in [-0.2, -0.15) is 0 Å². The van der Waals surface area contributed by atoms with E-state index in [9.17, 15) is 24.0 Å². The summed E-state index contributed by atoms with van der Waals surface area (Å²) in [5.74, 6) is -4.05. The van der Waals surface area contributed by atoms with Crippen molar-refractivity contribution in [3.8, 4) is 0 Å². The minimum Gasteiger partial charge on any atom is -0.480 e. The number of amides is 4. The molecule has 14 nitrogen and oxygen atoms in total. The van der Waals surface area contributed by atoms with E-state index in [-0.39, 0.29) is 24.8 Å². The molecule has 39 heavy (non-hydrogen) atoms. The first-order valence-corrected chi connectivity index (χ1v) is 12.4. The van der Waals surface area contributed by atoms with Gasteiger partial charge in [0.05, 0.1) is 6.54 Å². The van der Waals surface area contributed by atoms with Crippen molar-refractivity contribution in [2.75, 3.05) is 19.6 Å². The minimum atomic E-state index is -1.22. The summed E-state index contributed by atoms with van der Waals surface area (Å²) in [4.78, 5) is 67.6. The molecule has 0 bridgehead atoms. The largest absolute Gasteiger partial charge is 0.480 e. The van der Waals surface area contributed by atoms with Crippen LogP contribution in [0, 0.1) is 5.92 Å². The van der Waals surface area contributed by atoms with Crippen LogP contribution in [0.15, 0.2) is 35.5 Å². The van der Waals surface area contributed by atoms with Gasteiger partial charge in [-0.3, -0.25) is 29.0 Å². The number of aromatic amines is 1. The number of aromatic nitrogens is 1. The van der Waals surface area contributed by atoms with Crippen LogP contribution in [-0.4, -0.2) is 77.4 Å². The normalized spacial score (nSPS) is 13.0. The number of H-pyrrole nitrogens is 1. The maximum Gasteiger partial charge on any atom is 0.322 e. The quantitative estimate of drug-likeness (QED) is 0.0761. The topological polar surface area (TPSA) is 234 Å². The summed E-state index contributed by atoms with van der Waals surface area (Å²) >= 11 is 0. The number of rotatable bonds is 15. The van der Waals surface area contributed by atoms with Crippen molar-refractivity contribution < 1.29 is 29.1 Å². The highest BCUT2D eigenvalue weighted by atomic mass is 16.4. The fourth-order valence-electron chi connectivity index (χ4n) is 3.77. The van der Waals surface area contributed by atoms with Crippen molar-refractivity contribution in [3.05, 3.63) is 36.0 Å². The Morgan fingerprint density at radius 2 is 1.67 bits per heavy atom. The van der Waals surface area contributed by atoms with E-state index in [0.717, 1.165) is 16.5 Å². The number of aliphatic imine (C=N–C) groups is 1. The molecule has 3 unspecified atom stereocenters. The van der Waals surface area contributed by atoms with Gasteiger partial charge in [0.2, 0.25) is 23.6 Å². The Morgan fingerprint density at radius 3 is 2.36 bits per heavy atom. The molecular weight excluding hydrogens is 508 g/mol. The summed E-state index contributed by atoms with van der Waals surface area (Å²) in [7, 11) is 0. The first-order valence-electron chi connectivity index (χ1n) is 12.4. The number of nitrogens with zero attached hydrogens (tertiary/aromatic N) is 1. The molecule has 3 atom stereocenters. The van der Waals surface area contributed by atoms with Gasteiger partial charge in [0, 0.05) is 29.6 Å². The molecule has 1 aromatic heterocycles. The Balaban J connectivity index is 1.96. The summed E-state index contributed by atoms with van der Waals surface area (Å²) in [6, 6.07) is 5.77. The van der Waals surface area contributed by atoms with Gasteiger partial charge in [-0.05, 0) is 37.8 Å². The van der Waals surface area contributed by atoms with Gasteiger partial charge in [0.15, 0.2) is 5.96 Å². The molecule has 0 aliphatic heterocycles. The number of carbonyl (C=O) groups excluding carboxylic acids is 4. The van der Waals surface area contributed by atoms with Gasteiger partial charge in [-0.25, -0.2) is 0 Å². The second kappa shape index (κ2) is 15.0. The van der Waals surface area contributed by atoms with Gasteiger partial charge in [0.1, 0.15) is 18.6 Å². The predicted molar refractivity (Wildman–Crippen MR) is 144 cm³/mol. The smallest absolute Gasteiger partial charge is 0.322 e. The summed E-state index contributed by atoms with van der Waals surface area (Å²) in [6.45, 7) is 2.33. The molecule has 0 aliphatic carbocycles. The molecule has 0 aliphatic rings. The zero-order valence-corrected chi connectivity index (χ0v) is 22.0. The molecule has 0 saturated carbocycles. The van der Waals surface area contributed by atoms with E-state index in [4.69, 9.17) is 16.6 Å². The lowest BCUT2D eigenvalue weighted by atomic mass is 9.99. The van der Waals surface area contributed by atoms with Crippen LogP contribution in [0.5, 0.6) is 0 Å². The molecule has 212 valence electrons. The summed E-state index contributed by atoms with van der Waals surface area (Å²) in [5.41, 5.74) is 12.6. The number of hydrogen-bond donors (Lipinski definition) is 8. The average molecular weight is 545 g/mol. The molecule has 4 amide bonds. The lowest BCUT2D eigenvalue weighted by Gasteiger charge is -2.21. The molecule has 0 fully saturated rings. The number of nitrogens with two attached hydrogens (primary N) is 2. The second-order valence-corrected chi connectivity index (χ2v) is 9.09. The molecular formula is C25H36N8O6. The maximum atomic E-state index is 13.0. The van der Waals surface area contributed by atoms with Crippen LogP contribution in [0.25, 0.3) is 10.9 Å². The third-order valence-corrected chi connectivity index (χ3v) is 5.83. The van der Waals surface area contributed by atoms with E-state index in [1.54, 1.807) is 6.92 Å². The molecule has 0 spiro atoms. The van der Waals surface area contributed by atoms with E-state index >= 15 is 0 Å². The highest BCUT2D eigenvalue weighted by Crippen LogP contribution is 2.21. The Kier molecular flexibility index (Phi) is 11.7. The van der Waals surface area contributed by atoms with Gasteiger partial charge in [-0.1, -0.05) is 25.1 Å². The zero-order chi connectivity index (χ0) is 28.9.